The summed E-state index contributed by atoms with van der Waals surface area (Å²) >= 11 is 0. The highest BCUT2D eigenvalue weighted by Crippen LogP contribution is 2.18. The maximum Gasteiger partial charge on any atom is 0.251 e. The molecule has 6 heteroatoms. The average molecular weight is 403 g/mol. The first-order valence-corrected chi connectivity index (χ1v) is 9.71. The van der Waals surface area contributed by atoms with Crippen LogP contribution in [0.3, 0.4) is 0 Å². The van der Waals surface area contributed by atoms with E-state index in [2.05, 4.69) is 16.0 Å². The Kier molecular flexibility index (Phi) is 7.05. The van der Waals surface area contributed by atoms with Gasteiger partial charge in [-0.3, -0.25) is 9.59 Å². The molecule has 0 radical (unpaired) electrons. The molecule has 0 fully saturated rings. The van der Waals surface area contributed by atoms with Crippen LogP contribution in [0.2, 0.25) is 0 Å². The largest absolute Gasteiger partial charge is 0.489 e. The number of benzene rings is 3. The minimum absolute atomic E-state index is 0.176. The second kappa shape index (κ2) is 10.1. The van der Waals surface area contributed by atoms with Crippen molar-refractivity contribution in [3.63, 3.8) is 0 Å². The summed E-state index contributed by atoms with van der Waals surface area (Å²) in [6.45, 7) is 2.25. The van der Waals surface area contributed by atoms with E-state index in [0.29, 0.717) is 23.5 Å². The zero-order chi connectivity index (χ0) is 21.3. The van der Waals surface area contributed by atoms with Crippen LogP contribution in [-0.4, -0.2) is 24.9 Å². The minimum atomic E-state index is -0.487. The molecule has 0 aliphatic rings. The summed E-state index contributed by atoms with van der Waals surface area (Å²) in [4.78, 5) is 24.3. The summed E-state index contributed by atoms with van der Waals surface area (Å²) < 4.78 is 5.76. The van der Waals surface area contributed by atoms with Crippen LogP contribution in [0.15, 0.2) is 78.9 Å². The summed E-state index contributed by atoms with van der Waals surface area (Å²) in [5, 5.41) is 8.57. The fraction of sp³-hybridized carbons (Fsp3) is 0.167. The van der Waals surface area contributed by atoms with Gasteiger partial charge in [-0.1, -0.05) is 36.4 Å². The summed E-state index contributed by atoms with van der Waals surface area (Å²) in [6.07, 6.45) is 0. The van der Waals surface area contributed by atoms with Crippen molar-refractivity contribution in [1.82, 2.24) is 5.32 Å². The Hall–Kier alpha value is -3.80. The topological polar surface area (TPSA) is 79.5 Å². The van der Waals surface area contributed by atoms with Gasteiger partial charge in [-0.25, -0.2) is 0 Å². The first-order valence-electron chi connectivity index (χ1n) is 9.71. The number of amides is 2. The van der Waals surface area contributed by atoms with Crippen LogP contribution >= 0.6 is 0 Å². The van der Waals surface area contributed by atoms with Gasteiger partial charge in [0.25, 0.3) is 5.91 Å². The lowest BCUT2D eigenvalue weighted by molar-refractivity contribution is -0.116. The van der Waals surface area contributed by atoms with E-state index >= 15 is 0 Å². The summed E-state index contributed by atoms with van der Waals surface area (Å²) in [7, 11) is 1.58. The molecule has 0 aliphatic carbocycles. The number of ether oxygens (including phenoxy) is 1. The molecule has 6 nitrogen and oxygen atoms in total. The van der Waals surface area contributed by atoms with E-state index in [1.165, 1.54) is 0 Å². The third-order valence-corrected chi connectivity index (χ3v) is 4.50. The summed E-state index contributed by atoms with van der Waals surface area (Å²) in [6, 6.07) is 23.7. The molecule has 0 heterocycles. The van der Waals surface area contributed by atoms with Gasteiger partial charge >= 0.3 is 0 Å². The molecule has 0 bridgehead atoms. The monoisotopic (exact) mass is 403 g/mol. The molecule has 1 atom stereocenters. The Morgan fingerprint density at radius 1 is 0.900 bits per heavy atom. The summed E-state index contributed by atoms with van der Waals surface area (Å²) in [5.74, 6) is 0.373. The molecule has 0 aliphatic heterocycles. The quantitative estimate of drug-likeness (QED) is 0.530. The van der Waals surface area contributed by atoms with Crippen molar-refractivity contribution >= 4 is 23.2 Å². The second-order valence-electron chi connectivity index (χ2n) is 6.81. The highest BCUT2D eigenvalue weighted by atomic mass is 16.5. The van der Waals surface area contributed by atoms with Crippen LogP contribution in [0.25, 0.3) is 0 Å². The van der Waals surface area contributed by atoms with E-state index in [1.54, 1.807) is 44.3 Å². The van der Waals surface area contributed by atoms with Crippen molar-refractivity contribution in [2.24, 2.45) is 0 Å². The lowest BCUT2D eigenvalue weighted by Gasteiger charge is -2.16. The Labute approximate surface area is 176 Å². The first-order chi connectivity index (χ1) is 14.5. The van der Waals surface area contributed by atoms with E-state index in [0.717, 1.165) is 11.3 Å². The van der Waals surface area contributed by atoms with Crippen LogP contribution < -0.4 is 20.7 Å². The molecular weight excluding hydrogens is 378 g/mol. The zero-order valence-corrected chi connectivity index (χ0v) is 17.0. The SMILES string of the molecule is CNC(=O)c1cccc(N[C@H](C)C(=O)Nc2ccc(OCc3ccccc3)cc2)c1. The van der Waals surface area contributed by atoms with Gasteiger partial charge in [0.15, 0.2) is 0 Å². The number of hydrogen-bond donors (Lipinski definition) is 3. The van der Waals surface area contributed by atoms with Crippen molar-refractivity contribution < 1.29 is 14.3 Å². The minimum Gasteiger partial charge on any atom is -0.489 e. The number of nitrogens with one attached hydrogen (secondary N) is 3. The smallest absolute Gasteiger partial charge is 0.251 e. The molecule has 3 rings (SSSR count). The van der Waals surface area contributed by atoms with Crippen LogP contribution in [0, 0.1) is 0 Å². The maximum absolute atomic E-state index is 12.5. The van der Waals surface area contributed by atoms with Crippen molar-refractivity contribution in [3.8, 4) is 5.75 Å². The number of carbonyl (C=O) groups is 2. The lowest BCUT2D eigenvalue weighted by atomic mass is 10.1. The summed E-state index contributed by atoms with van der Waals surface area (Å²) in [5.41, 5.74) is 3.00. The standard InChI is InChI=1S/C24H25N3O3/c1-17(26-21-10-6-9-19(15-21)24(29)25-2)23(28)27-20-11-13-22(14-12-20)30-16-18-7-4-3-5-8-18/h3-15,17,26H,16H2,1-2H3,(H,25,29)(H,27,28)/t17-/m1/s1. The van der Waals surface area contributed by atoms with Crippen molar-refractivity contribution in [3.05, 3.63) is 90.0 Å². The molecule has 0 unspecified atom stereocenters. The molecule has 0 saturated carbocycles. The fourth-order valence-corrected chi connectivity index (χ4v) is 2.84. The zero-order valence-electron chi connectivity index (χ0n) is 17.0. The van der Waals surface area contributed by atoms with Crippen LogP contribution in [0.5, 0.6) is 5.75 Å². The predicted octanol–water partition coefficient (Wildman–Crippen LogP) is 4.06. The Morgan fingerprint density at radius 3 is 2.33 bits per heavy atom. The molecule has 0 aromatic heterocycles. The molecule has 2 amide bonds. The number of rotatable bonds is 8. The van der Waals surface area contributed by atoms with Gasteiger partial charge in [-0.2, -0.15) is 0 Å². The van der Waals surface area contributed by atoms with E-state index in [-0.39, 0.29) is 11.8 Å². The van der Waals surface area contributed by atoms with Gasteiger partial charge in [0, 0.05) is 24.0 Å². The van der Waals surface area contributed by atoms with E-state index in [9.17, 15) is 9.59 Å². The predicted molar refractivity (Wildman–Crippen MR) is 119 cm³/mol. The fourth-order valence-electron chi connectivity index (χ4n) is 2.84. The first kappa shape index (κ1) is 20.9. The Bertz CT molecular complexity index is 988. The molecule has 30 heavy (non-hydrogen) atoms. The molecule has 3 aromatic carbocycles. The van der Waals surface area contributed by atoms with Gasteiger partial charge in [-0.15, -0.1) is 0 Å². The van der Waals surface area contributed by atoms with Gasteiger partial charge in [0.2, 0.25) is 5.91 Å². The molecule has 0 spiro atoms. The van der Waals surface area contributed by atoms with Crippen LogP contribution in [0.4, 0.5) is 11.4 Å². The number of anilines is 2. The maximum atomic E-state index is 12.5. The van der Waals surface area contributed by atoms with E-state index in [1.807, 2.05) is 48.5 Å². The van der Waals surface area contributed by atoms with Crippen LogP contribution in [0.1, 0.15) is 22.8 Å². The molecular formula is C24H25N3O3. The molecule has 154 valence electrons. The van der Waals surface area contributed by atoms with Gasteiger partial charge in [0.1, 0.15) is 18.4 Å². The van der Waals surface area contributed by atoms with Gasteiger partial charge in [0.05, 0.1) is 0 Å². The lowest BCUT2D eigenvalue weighted by Crippen LogP contribution is -2.32. The molecule has 0 saturated heterocycles. The highest BCUT2D eigenvalue weighted by Gasteiger charge is 2.14. The van der Waals surface area contributed by atoms with Crippen molar-refractivity contribution in [1.29, 1.82) is 0 Å². The normalized spacial score (nSPS) is 11.3. The Morgan fingerprint density at radius 2 is 1.63 bits per heavy atom. The Balaban J connectivity index is 1.53. The molecule has 3 N–H and O–H groups in total. The third kappa shape index (κ3) is 5.85. The van der Waals surface area contributed by atoms with Crippen molar-refractivity contribution in [2.45, 2.75) is 19.6 Å². The molecule has 3 aromatic rings. The second-order valence-corrected chi connectivity index (χ2v) is 6.81. The van der Waals surface area contributed by atoms with E-state index in [4.69, 9.17) is 4.74 Å². The van der Waals surface area contributed by atoms with Gasteiger partial charge < -0.3 is 20.7 Å². The number of carbonyl (C=O) groups excluding carboxylic acids is 2. The third-order valence-electron chi connectivity index (χ3n) is 4.50. The van der Waals surface area contributed by atoms with Crippen LogP contribution in [-0.2, 0) is 11.4 Å². The van der Waals surface area contributed by atoms with Crippen molar-refractivity contribution in [2.75, 3.05) is 17.7 Å². The average Bonchev–Trinajstić information content (AvgIpc) is 2.79. The highest BCUT2D eigenvalue weighted by molar-refractivity contribution is 5.97. The van der Waals surface area contributed by atoms with E-state index < -0.39 is 6.04 Å². The number of hydrogen-bond acceptors (Lipinski definition) is 4. The van der Waals surface area contributed by atoms with Gasteiger partial charge in [-0.05, 0) is 55.0 Å².